The molecule has 1 N–H and O–H groups in total. The van der Waals surface area contributed by atoms with Crippen LogP contribution in [0.2, 0.25) is 0 Å². The topological polar surface area (TPSA) is 102 Å². The molecule has 1 aromatic carbocycles. The van der Waals surface area contributed by atoms with Crippen LogP contribution in [0.5, 0.6) is 0 Å². The van der Waals surface area contributed by atoms with Gasteiger partial charge in [0.05, 0.1) is 36.3 Å². The summed E-state index contributed by atoms with van der Waals surface area (Å²) in [7, 11) is 1.34. The van der Waals surface area contributed by atoms with Gasteiger partial charge in [-0.05, 0) is 37.5 Å². The number of aromatic nitrogens is 4. The van der Waals surface area contributed by atoms with Crippen molar-refractivity contribution in [2.75, 3.05) is 25.5 Å². The fourth-order valence-corrected chi connectivity index (χ4v) is 4.46. The molecule has 1 amide bonds. The maximum absolute atomic E-state index is 13.2. The molecule has 3 aromatic rings. The van der Waals surface area contributed by atoms with Crippen molar-refractivity contribution in [3.05, 3.63) is 54.0 Å². The minimum absolute atomic E-state index is 0.0761. The third-order valence-electron chi connectivity index (χ3n) is 6.68. The molecule has 2 aliphatic rings. The number of halogens is 2. The Hall–Kier alpha value is -3.89. The van der Waals surface area contributed by atoms with Crippen molar-refractivity contribution < 1.29 is 23.1 Å². The van der Waals surface area contributed by atoms with Crippen molar-refractivity contribution >= 4 is 23.5 Å². The molecule has 1 saturated carbocycles. The van der Waals surface area contributed by atoms with Gasteiger partial charge in [0, 0.05) is 37.5 Å². The first-order valence-electron chi connectivity index (χ1n) is 11.8. The lowest BCUT2D eigenvalue weighted by Crippen LogP contribution is -2.40. The van der Waals surface area contributed by atoms with Gasteiger partial charge in [-0.3, -0.25) is 9.48 Å². The van der Waals surface area contributed by atoms with Crippen molar-refractivity contribution in [2.24, 2.45) is 5.92 Å². The number of nitrogens with zero attached hydrogens (tertiary/aromatic N) is 5. The molecule has 5 rings (SSSR count). The van der Waals surface area contributed by atoms with E-state index in [4.69, 9.17) is 4.74 Å². The smallest absolute Gasteiger partial charge is 0.337 e. The minimum Gasteiger partial charge on any atom is -0.465 e. The van der Waals surface area contributed by atoms with E-state index >= 15 is 0 Å². The molecule has 9 nitrogen and oxygen atoms in total. The Morgan fingerprint density at radius 1 is 1.14 bits per heavy atom. The normalized spacial score (nSPS) is 19.1. The summed E-state index contributed by atoms with van der Waals surface area (Å²) in [6.45, 7) is 2.79. The van der Waals surface area contributed by atoms with E-state index in [1.54, 1.807) is 29.4 Å². The summed E-state index contributed by atoms with van der Waals surface area (Å²) >= 11 is 0. The molecule has 3 heterocycles. The van der Waals surface area contributed by atoms with Gasteiger partial charge in [-0.25, -0.2) is 23.5 Å². The highest BCUT2D eigenvalue weighted by atomic mass is 19.3. The molecule has 1 aliphatic carbocycles. The van der Waals surface area contributed by atoms with Gasteiger partial charge in [-0.1, -0.05) is 12.1 Å². The van der Waals surface area contributed by atoms with Crippen LogP contribution in [-0.4, -0.2) is 62.6 Å². The lowest BCUT2D eigenvalue weighted by molar-refractivity contribution is -0.136. The number of amides is 1. The van der Waals surface area contributed by atoms with Gasteiger partial charge in [-0.2, -0.15) is 5.10 Å². The van der Waals surface area contributed by atoms with Gasteiger partial charge >= 0.3 is 5.97 Å². The quantitative estimate of drug-likeness (QED) is 0.515. The molecule has 0 bridgehead atoms. The highest BCUT2D eigenvalue weighted by Crippen LogP contribution is 2.49. The molecule has 36 heavy (non-hydrogen) atoms. The number of esters is 1. The van der Waals surface area contributed by atoms with Crippen LogP contribution in [0.1, 0.15) is 41.2 Å². The Labute approximate surface area is 206 Å². The molecule has 1 saturated heterocycles. The summed E-state index contributed by atoms with van der Waals surface area (Å²) < 4.78 is 33.0. The van der Waals surface area contributed by atoms with Crippen molar-refractivity contribution in [3.63, 3.8) is 0 Å². The number of rotatable bonds is 6. The summed E-state index contributed by atoms with van der Waals surface area (Å²) in [4.78, 5) is 34.5. The van der Waals surface area contributed by atoms with Gasteiger partial charge in [0.1, 0.15) is 5.92 Å². The number of alkyl halides is 2. The summed E-state index contributed by atoms with van der Waals surface area (Å²) in [6.07, 6.45) is 6.22. The molecule has 1 aliphatic heterocycles. The van der Waals surface area contributed by atoms with Crippen LogP contribution in [0.4, 0.5) is 20.4 Å². The number of carbonyl (C=O) groups excluding carboxylic acids is 2. The van der Waals surface area contributed by atoms with Gasteiger partial charge in [0.2, 0.25) is 11.9 Å². The number of hydrogen-bond acceptors (Lipinski definition) is 7. The summed E-state index contributed by atoms with van der Waals surface area (Å²) in [5.74, 6) is -4.41. The van der Waals surface area contributed by atoms with Crippen LogP contribution in [0.15, 0.2) is 42.9 Å². The Balaban J connectivity index is 1.22. The number of likely N-dealkylation sites (tertiary alicyclic amines) is 1. The van der Waals surface area contributed by atoms with Crippen LogP contribution in [0.3, 0.4) is 0 Å². The Morgan fingerprint density at radius 2 is 1.83 bits per heavy atom. The van der Waals surface area contributed by atoms with Crippen LogP contribution in [-0.2, 0) is 9.53 Å². The Bertz CT molecular complexity index is 1290. The number of aryl methyl sites for hydroxylation is 1. The van der Waals surface area contributed by atoms with Crippen molar-refractivity contribution in [2.45, 2.75) is 38.2 Å². The van der Waals surface area contributed by atoms with Crippen molar-refractivity contribution in [3.8, 4) is 11.3 Å². The van der Waals surface area contributed by atoms with E-state index in [2.05, 4.69) is 20.4 Å². The summed E-state index contributed by atoms with van der Waals surface area (Å²) in [6, 6.07) is 7.08. The van der Waals surface area contributed by atoms with Crippen molar-refractivity contribution in [1.82, 2.24) is 24.6 Å². The average molecular weight is 497 g/mol. The van der Waals surface area contributed by atoms with Crippen LogP contribution < -0.4 is 5.32 Å². The van der Waals surface area contributed by atoms with Crippen LogP contribution >= 0.6 is 0 Å². The first-order chi connectivity index (χ1) is 17.2. The van der Waals surface area contributed by atoms with Gasteiger partial charge < -0.3 is 15.0 Å². The second kappa shape index (κ2) is 9.29. The Kier molecular flexibility index (Phi) is 6.15. The average Bonchev–Trinajstić information content (AvgIpc) is 3.29. The molecule has 0 radical (unpaired) electrons. The lowest BCUT2D eigenvalue weighted by Gasteiger charge is -2.32. The van der Waals surface area contributed by atoms with E-state index in [0.717, 1.165) is 16.8 Å². The number of piperidine rings is 1. The molecule has 0 spiro atoms. The number of nitrogens with one attached hydrogen (secondary N) is 1. The number of ether oxygens (including phenoxy) is 1. The third kappa shape index (κ3) is 4.77. The minimum atomic E-state index is -2.83. The van der Waals surface area contributed by atoms with E-state index in [1.165, 1.54) is 7.11 Å². The van der Waals surface area contributed by atoms with E-state index in [1.807, 2.05) is 29.9 Å². The molecule has 2 fully saturated rings. The number of anilines is 2. The highest BCUT2D eigenvalue weighted by Gasteiger charge is 2.62. The number of carbonyl (C=O) groups is 2. The second-order valence-corrected chi connectivity index (χ2v) is 9.20. The zero-order chi connectivity index (χ0) is 25.4. The zero-order valence-corrected chi connectivity index (χ0v) is 19.9. The number of hydrogen-bond donors (Lipinski definition) is 1. The van der Waals surface area contributed by atoms with Crippen LogP contribution in [0.25, 0.3) is 11.3 Å². The molecule has 2 aromatic heterocycles. The van der Waals surface area contributed by atoms with Gasteiger partial charge in [0.15, 0.2) is 0 Å². The first-order valence-corrected chi connectivity index (χ1v) is 11.8. The molecule has 188 valence electrons. The fraction of sp³-hybridized carbons (Fsp3) is 0.400. The first kappa shape index (κ1) is 23.8. The maximum atomic E-state index is 13.2. The predicted octanol–water partition coefficient (Wildman–Crippen LogP) is 4.00. The largest absolute Gasteiger partial charge is 0.465 e. The predicted molar refractivity (Wildman–Crippen MR) is 127 cm³/mol. The summed E-state index contributed by atoms with van der Waals surface area (Å²) in [5, 5.41) is 7.61. The fourth-order valence-electron chi connectivity index (χ4n) is 4.46. The maximum Gasteiger partial charge on any atom is 0.337 e. The molecule has 11 heteroatoms. The highest BCUT2D eigenvalue weighted by molar-refractivity contribution is 5.90. The second-order valence-electron chi connectivity index (χ2n) is 9.20. The van der Waals surface area contributed by atoms with Crippen LogP contribution in [0, 0.1) is 12.8 Å². The zero-order valence-electron chi connectivity index (χ0n) is 19.9. The van der Waals surface area contributed by atoms with E-state index < -0.39 is 23.7 Å². The number of benzene rings is 1. The summed E-state index contributed by atoms with van der Waals surface area (Å²) in [5.41, 5.74) is 3.62. The van der Waals surface area contributed by atoms with Gasteiger partial charge in [-0.15, -0.1) is 0 Å². The molecule has 1 atom stereocenters. The molecular weight excluding hydrogens is 470 g/mol. The third-order valence-corrected chi connectivity index (χ3v) is 6.68. The van der Waals surface area contributed by atoms with Crippen molar-refractivity contribution in [1.29, 1.82) is 0 Å². The van der Waals surface area contributed by atoms with E-state index in [0.29, 0.717) is 43.1 Å². The SMILES string of the molecule is COC(=O)c1ccc(-c2nc(Nc3cnn(C4CCN(C(=O)C5CC5(F)F)CC4)c3)ncc2C)cc1. The van der Waals surface area contributed by atoms with E-state index in [9.17, 15) is 18.4 Å². The molecular formula is C25H26F2N6O3. The van der Waals surface area contributed by atoms with E-state index in [-0.39, 0.29) is 12.5 Å². The number of methoxy groups -OCH3 is 1. The Morgan fingerprint density at radius 3 is 2.47 bits per heavy atom. The molecule has 1 unspecified atom stereocenters. The monoisotopic (exact) mass is 496 g/mol. The lowest BCUT2D eigenvalue weighted by atomic mass is 10.0. The van der Waals surface area contributed by atoms with Gasteiger partial charge in [0.25, 0.3) is 5.92 Å². The standard InChI is InChI=1S/C25H26F2N6O3/c1-15-12-28-24(31-21(15)16-3-5-17(6-4-16)23(35)36-2)30-18-13-29-33(14-18)19-7-9-32(10-8-19)22(34)20-11-25(20,26)27/h3-6,12-14,19-20H,7-11H2,1-2H3,(H,28,30,31).